The highest BCUT2D eigenvalue weighted by atomic mass is 16.5. The predicted molar refractivity (Wildman–Crippen MR) is 264 cm³/mol. The van der Waals surface area contributed by atoms with Crippen molar-refractivity contribution >= 4 is 41.4 Å². The molecule has 388 valence electrons. The van der Waals surface area contributed by atoms with E-state index < -0.39 is 60.1 Å². The summed E-state index contributed by atoms with van der Waals surface area (Å²) in [6.45, 7) is 14.1. The number of likely N-dealkylation sites (tertiary alicyclic amines) is 2. The summed E-state index contributed by atoms with van der Waals surface area (Å²) in [5, 5.41) is 22.2. The number of hydrogen-bond acceptors (Lipinski definition) is 9. The van der Waals surface area contributed by atoms with E-state index in [1.54, 1.807) is 28.7 Å². The molecule has 1 aromatic rings. The van der Waals surface area contributed by atoms with Crippen molar-refractivity contribution in [3.8, 4) is 0 Å². The zero-order chi connectivity index (χ0) is 51.1. The molecule has 69 heavy (non-hydrogen) atoms. The van der Waals surface area contributed by atoms with Gasteiger partial charge in [-0.1, -0.05) is 111 Å². The van der Waals surface area contributed by atoms with Gasteiger partial charge in [-0.2, -0.15) is 0 Å². The Balaban J connectivity index is 1.40. The quantitative estimate of drug-likeness (QED) is 0.0649. The van der Waals surface area contributed by atoms with Crippen LogP contribution >= 0.6 is 0 Å². The number of rotatable bonds is 30. The molecule has 3 N–H and O–H groups in total. The number of ketones is 1. The van der Waals surface area contributed by atoms with Gasteiger partial charge in [0.05, 0.1) is 36.6 Å². The second kappa shape index (κ2) is 27.3. The van der Waals surface area contributed by atoms with Gasteiger partial charge in [0.1, 0.15) is 17.9 Å². The first kappa shape index (κ1) is 57.2. The summed E-state index contributed by atoms with van der Waals surface area (Å²) in [6.07, 6.45) is 8.13. The third-order valence-electron chi connectivity index (χ3n) is 16.1. The van der Waals surface area contributed by atoms with Crippen LogP contribution in [0.15, 0.2) is 30.3 Å². The van der Waals surface area contributed by atoms with Gasteiger partial charge in [-0.05, 0) is 80.1 Å². The first-order valence-electron chi connectivity index (χ1n) is 26.0. The highest BCUT2D eigenvalue weighted by Gasteiger charge is 2.52. The van der Waals surface area contributed by atoms with Crippen LogP contribution in [0.5, 0.6) is 0 Å². The lowest BCUT2D eigenvalue weighted by atomic mass is 9.85. The number of Topliss-reactive ketones (excluding diaryl/α,β-unsaturated/α-hetero) is 1. The first-order valence-corrected chi connectivity index (χ1v) is 26.0. The maximum Gasteiger partial charge on any atom is 0.307 e. The van der Waals surface area contributed by atoms with E-state index in [-0.39, 0.29) is 84.8 Å². The Labute approximate surface area is 412 Å². The number of nitrogens with one attached hydrogen (secondary N) is 1. The normalized spacial score (nSPS) is 22.8. The molecule has 0 radical (unpaired) electrons. The zero-order valence-electron chi connectivity index (χ0n) is 43.4. The molecular weight excluding hydrogens is 881 g/mol. The van der Waals surface area contributed by atoms with E-state index in [9.17, 15) is 38.7 Å². The molecule has 1 saturated carbocycles. The van der Waals surface area contributed by atoms with E-state index >= 15 is 0 Å². The summed E-state index contributed by atoms with van der Waals surface area (Å²) >= 11 is 0. The summed E-state index contributed by atoms with van der Waals surface area (Å²) in [4.78, 5) is 99.5. The topological polar surface area (TPSA) is 200 Å². The number of fused-ring (bicyclic) bond motifs is 2. The second-order valence-corrected chi connectivity index (χ2v) is 21.2. The Morgan fingerprint density at radius 3 is 2.10 bits per heavy atom. The van der Waals surface area contributed by atoms with E-state index in [4.69, 9.17) is 14.6 Å². The number of likely N-dealkylation sites (N-methyl/N-ethyl adjacent to an activating group) is 1. The molecule has 13 atom stereocenters. The monoisotopic (exact) mass is 967 g/mol. The van der Waals surface area contributed by atoms with Gasteiger partial charge >= 0.3 is 11.9 Å². The number of amides is 4. The maximum atomic E-state index is 14.7. The Hall–Kier alpha value is -4.37. The van der Waals surface area contributed by atoms with Crippen molar-refractivity contribution in [2.45, 2.75) is 194 Å². The lowest BCUT2D eigenvalue weighted by molar-refractivity contribution is -0.149. The van der Waals surface area contributed by atoms with Gasteiger partial charge < -0.3 is 39.7 Å². The largest absolute Gasteiger partial charge is 0.481 e. The van der Waals surface area contributed by atoms with Gasteiger partial charge in [0.25, 0.3) is 0 Å². The summed E-state index contributed by atoms with van der Waals surface area (Å²) in [5.41, 5.74) is 0.834. The molecular formula is C54H86N4O11. The molecule has 2 heterocycles. The fourth-order valence-corrected chi connectivity index (χ4v) is 11.6. The number of carboxylic acid groups (broad SMARTS) is 2. The molecule has 4 amide bonds. The fraction of sp³-hybridized carbons (Fsp3) is 0.759. The number of aliphatic carboxylic acids is 2. The first-order chi connectivity index (χ1) is 32.7. The van der Waals surface area contributed by atoms with Crippen LogP contribution in [0.25, 0.3) is 0 Å². The molecule has 4 rings (SSSR count). The number of unbranched alkanes of at least 4 members (excludes halogenated alkanes) is 3. The number of carbonyl (C=O) groups excluding carboxylic acids is 5. The number of hydrogen-bond donors (Lipinski definition) is 3. The molecule has 3 fully saturated rings. The molecule has 3 aliphatic rings. The molecule has 1 aliphatic carbocycles. The van der Waals surface area contributed by atoms with Crippen molar-refractivity contribution in [1.29, 1.82) is 0 Å². The zero-order valence-corrected chi connectivity index (χ0v) is 43.4. The van der Waals surface area contributed by atoms with Crippen LogP contribution < -0.4 is 5.32 Å². The smallest absolute Gasteiger partial charge is 0.307 e. The van der Waals surface area contributed by atoms with Crippen molar-refractivity contribution in [2.75, 3.05) is 27.8 Å². The van der Waals surface area contributed by atoms with Crippen molar-refractivity contribution in [3.05, 3.63) is 35.9 Å². The van der Waals surface area contributed by atoms with E-state index in [1.807, 2.05) is 65.0 Å². The predicted octanol–water partition coefficient (Wildman–Crippen LogP) is 7.42. The van der Waals surface area contributed by atoms with Crippen LogP contribution in [0.1, 0.15) is 150 Å². The van der Waals surface area contributed by atoms with Gasteiger partial charge in [-0.25, -0.2) is 0 Å². The highest BCUT2D eigenvalue weighted by molar-refractivity contribution is 5.93. The molecule has 2 aliphatic heterocycles. The van der Waals surface area contributed by atoms with Crippen LogP contribution in [0.3, 0.4) is 0 Å². The van der Waals surface area contributed by atoms with Crippen LogP contribution in [-0.2, 0) is 49.5 Å². The Morgan fingerprint density at radius 1 is 0.812 bits per heavy atom. The van der Waals surface area contributed by atoms with Gasteiger partial charge in [0, 0.05) is 59.0 Å². The van der Waals surface area contributed by atoms with Gasteiger partial charge in [-0.15, -0.1) is 0 Å². The molecule has 1 aromatic carbocycles. The molecule has 2 bridgehead atoms. The van der Waals surface area contributed by atoms with Gasteiger partial charge in [-0.3, -0.25) is 33.6 Å². The maximum absolute atomic E-state index is 14.7. The minimum Gasteiger partial charge on any atom is -0.481 e. The Kier molecular flexibility index (Phi) is 22.6. The van der Waals surface area contributed by atoms with Crippen LogP contribution in [0.4, 0.5) is 0 Å². The number of piperidine rings is 1. The number of ether oxygens (including phenoxy) is 2. The summed E-state index contributed by atoms with van der Waals surface area (Å²) in [6, 6.07) is 6.75. The van der Waals surface area contributed by atoms with Gasteiger partial charge in [0.2, 0.25) is 23.6 Å². The fourth-order valence-electron chi connectivity index (χ4n) is 11.6. The molecule has 0 aromatic heterocycles. The number of carbonyl (C=O) groups is 7. The second-order valence-electron chi connectivity index (χ2n) is 21.2. The van der Waals surface area contributed by atoms with E-state index in [0.29, 0.717) is 44.6 Å². The van der Waals surface area contributed by atoms with E-state index in [2.05, 4.69) is 12.2 Å². The SMILES string of the molecule is CC[C@H](C)[C@@H]([C@@H](CC(=O)N1CCC[C@H]1[C@H](OC)[C@@H](C)C(=O)C[C@@H](Cc1ccccc1)C(=O)O)OC)N(C)C(=O)[C@@H](NC(=O)[C@@H]1[C@H]2CC[C@@H](C2)N1C(=O)CCCCCCC(C)C(C)CC(=O)O)C(C)C. The lowest BCUT2D eigenvalue weighted by Crippen LogP contribution is -2.60. The van der Waals surface area contributed by atoms with Gasteiger partial charge in [0.15, 0.2) is 0 Å². The highest BCUT2D eigenvalue weighted by Crippen LogP contribution is 2.43. The Bertz CT molecular complexity index is 1860. The third-order valence-corrected chi connectivity index (χ3v) is 16.1. The van der Waals surface area contributed by atoms with Crippen LogP contribution in [0, 0.1) is 41.4 Å². The van der Waals surface area contributed by atoms with Crippen molar-refractivity contribution in [2.24, 2.45) is 41.4 Å². The molecule has 2 unspecified atom stereocenters. The molecule has 15 nitrogen and oxygen atoms in total. The van der Waals surface area contributed by atoms with Crippen LogP contribution in [-0.4, -0.2) is 136 Å². The third kappa shape index (κ3) is 15.3. The summed E-state index contributed by atoms with van der Waals surface area (Å²) in [7, 11) is 4.76. The van der Waals surface area contributed by atoms with E-state index in [1.165, 1.54) is 14.2 Å². The molecule has 2 saturated heterocycles. The standard InChI is InChI=1S/C54H86N4O11/c1-11-34(4)49(44(68-9)32-46(61)57-27-19-23-42(57)51(69-10)37(7)43(59)31-40(54(66)67)29-38-21-16-14-17-22-38)56(8)53(65)48(33(2)3)55-52(64)50-39-25-26-41(30-39)58(50)45(60)24-18-13-12-15-20-35(5)36(6)28-47(62)63/h14,16-17,21-22,33-37,39-42,44,48-51H,11-13,15,18-20,23-32H2,1-10H3,(H,55,64)(H,62,63)(H,66,67)/t34-,35?,36?,37-,39-,40+,41-,42-,44+,48-,49-,50-,51+/m0/s1. The average molecular weight is 967 g/mol. The van der Waals surface area contributed by atoms with Crippen molar-refractivity contribution < 1.29 is 53.2 Å². The number of methoxy groups -OCH3 is 2. The lowest BCUT2D eigenvalue weighted by Gasteiger charge is -2.41. The summed E-state index contributed by atoms with van der Waals surface area (Å²) < 4.78 is 12.0. The number of carboxylic acids is 2. The van der Waals surface area contributed by atoms with Crippen molar-refractivity contribution in [3.63, 3.8) is 0 Å². The Morgan fingerprint density at radius 2 is 1.49 bits per heavy atom. The average Bonchev–Trinajstić information content (AvgIpc) is 4.09. The minimum absolute atomic E-state index is 0.00720. The summed E-state index contributed by atoms with van der Waals surface area (Å²) in [5.74, 6) is -4.39. The minimum atomic E-state index is -1.04. The van der Waals surface area contributed by atoms with E-state index in [0.717, 1.165) is 50.5 Å². The van der Waals surface area contributed by atoms with Crippen molar-refractivity contribution in [1.82, 2.24) is 20.0 Å². The molecule has 15 heteroatoms. The molecule has 0 spiro atoms. The number of nitrogens with zero attached hydrogens (tertiary/aromatic N) is 3. The van der Waals surface area contributed by atoms with Crippen LogP contribution in [0.2, 0.25) is 0 Å². The number of benzene rings is 1.